The summed E-state index contributed by atoms with van der Waals surface area (Å²) in [7, 11) is 0. The summed E-state index contributed by atoms with van der Waals surface area (Å²) in [5.74, 6) is 0.342. The molecule has 0 saturated carbocycles. The maximum atomic E-state index is 8.99. The quantitative estimate of drug-likeness (QED) is 0.700. The summed E-state index contributed by atoms with van der Waals surface area (Å²) in [5, 5.41) is 8.99. The van der Waals surface area contributed by atoms with E-state index in [-0.39, 0.29) is 18.9 Å². The molecular weight excluding hydrogens is 222 g/mol. The number of nitrogens with zero attached hydrogens (tertiary/aromatic N) is 4. The normalized spacial score (nSPS) is 23.6. The number of rotatable bonds is 2. The molecule has 88 valence electrons. The molecule has 2 atom stereocenters. The first-order chi connectivity index (χ1) is 8.29. The molecule has 0 amide bonds. The minimum absolute atomic E-state index is 0.0449. The van der Waals surface area contributed by atoms with Crippen molar-refractivity contribution >= 4 is 17.0 Å². The number of ether oxygens (including phenoxy) is 1. The molecule has 1 aliphatic heterocycles. The van der Waals surface area contributed by atoms with E-state index in [1.165, 1.54) is 6.33 Å². The number of fused-ring (bicyclic) bond motifs is 1. The van der Waals surface area contributed by atoms with E-state index in [1.807, 2.05) is 6.08 Å². The van der Waals surface area contributed by atoms with Crippen molar-refractivity contribution < 1.29 is 9.84 Å². The largest absolute Gasteiger partial charge is 0.393 e. The predicted molar refractivity (Wildman–Crippen MR) is 59.9 cm³/mol. The van der Waals surface area contributed by atoms with Gasteiger partial charge in [0.05, 0.1) is 12.9 Å². The molecule has 2 aromatic heterocycles. The number of hydrogen-bond donors (Lipinski definition) is 2. The molecule has 0 aliphatic carbocycles. The van der Waals surface area contributed by atoms with Gasteiger partial charge in [0.1, 0.15) is 17.9 Å². The van der Waals surface area contributed by atoms with E-state index in [4.69, 9.17) is 15.6 Å². The standard InChI is InChI=1S/C10H11N5O2/c11-9-8-10(13-4-12-9)15(5-14-8)7-2-1-6(3-16)17-7/h1-2,4-7,16H,3H2,(H2,11,12,13)/t6-,7+/m0/s1. The minimum Gasteiger partial charge on any atom is -0.393 e. The average Bonchev–Trinajstić information content (AvgIpc) is 2.94. The Morgan fingerprint density at radius 1 is 1.35 bits per heavy atom. The van der Waals surface area contributed by atoms with E-state index in [0.29, 0.717) is 17.0 Å². The highest BCUT2D eigenvalue weighted by molar-refractivity contribution is 5.81. The number of anilines is 1. The predicted octanol–water partition coefficient (Wildman–Crippen LogP) is -0.146. The fourth-order valence-corrected chi connectivity index (χ4v) is 1.81. The van der Waals surface area contributed by atoms with E-state index < -0.39 is 0 Å². The summed E-state index contributed by atoms with van der Waals surface area (Å²) in [6.07, 6.45) is 6.05. The molecule has 0 bridgehead atoms. The molecule has 0 unspecified atom stereocenters. The van der Waals surface area contributed by atoms with Crippen LogP contribution in [0, 0.1) is 0 Å². The summed E-state index contributed by atoms with van der Waals surface area (Å²) in [6.45, 7) is -0.0449. The number of imidazole rings is 1. The lowest BCUT2D eigenvalue weighted by Gasteiger charge is -2.13. The van der Waals surface area contributed by atoms with Gasteiger partial charge in [-0.3, -0.25) is 4.57 Å². The third-order valence-electron chi connectivity index (χ3n) is 2.65. The van der Waals surface area contributed by atoms with Gasteiger partial charge in [-0.05, 0) is 6.08 Å². The zero-order chi connectivity index (χ0) is 11.8. The van der Waals surface area contributed by atoms with Crippen LogP contribution < -0.4 is 5.73 Å². The van der Waals surface area contributed by atoms with Crippen LogP contribution in [-0.2, 0) is 4.74 Å². The van der Waals surface area contributed by atoms with Crippen molar-refractivity contribution in [1.82, 2.24) is 19.5 Å². The van der Waals surface area contributed by atoms with Crippen LogP contribution in [0.3, 0.4) is 0 Å². The van der Waals surface area contributed by atoms with Crippen LogP contribution in [0.2, 0.25) is 0 Å². The summed E-state index contributed by atoms with van der Waals surface area (Å²) in [4.78, 5) is 12.2. The van der Waals surface area contributed by atoms with Crippen molar-refractivity contribution in [3.8, 4) is 0 Å². The molecule has 0 aromatic carbocycles. The van der Waals surface area contributed by atoms with E-state index in [9.17, 15) is 0 Å². The molecule has 1 aliphatic rings. The van der Waals surface area contributed by atoms with Crippen LogP contribution >= 0.6 is 0 Å². The van der Waals surface area contributed by atoms with Gasteiger partial charge < -0.3 is 15.6 Å². The Hall–Kier alpha value is -1.99. The summed E-state index contributed by atoms with van der Waals surface area (Å²) in [5.41, 5.74) is 6.87. The highest BCUT2D eigenvalue weighted by Gasteiger charge is 2.22. The van der Waals surface area contributed by atoms with Gasteiger partial charge in [0, 0.05) is 0 Å². The third kappa shape index (κ3) is 1.56. The molecule has 3 N–H and O–H groups in total. The number of aliphatic hydroxyl groups is 1. The third-order valence-corrected chi connectivity index (χ3v) is 2.65. The molecular formula is C10H11N5O2. The second-order valence-corrected chi connectivity index (χ2v) is 3.72. The maximum Gasteiger partial charge on any atom is 0.167 e. The Balaban J connectivity index is 2.02. The number of hydrogen-bond acceptors (Lipinski definition) is 6. The Labute approximate surface area is 96.6 Å². The summed E-state index contributed by atoms with van der Waals surface area (Å²) < 4.78 is 7.31. The Morgan fingerprint density at radius 3 is 3.00 bits per heavy atom. The van der Waals surface area contributed by atoms with E-state index in [2.05, 4.69) is 15.0 Å². The summed E-state index contributed by atoms with van der Waals surface area (Å²) in [6, 6.07) is 0. The monoisotopic (exact) mass is 233 g/mol. The van der Waals surface area contributed by atoms with Crippen LogP contribution in [0.25, 0.3) is 11.2 Å². The molecule has 0 radical (unpaired) electrons. The number of aromatic nitrogens is 4. The van der Waals surface area contributed by atoms with Gasteiger partial charge in [0.25, 0.3) is 0 Å². The molecule has 7 heteroatoms. The van der Waals surface area contributed by atoms with Gasteiger partial charge in [-0.2, -0.15) is 0 Å². The molecule has 0 saturated heterocycles. The van der Waals surface area contributed by atoms with Crippen LogP contribution in [0.5, 0.6) is 0 Å². The topological polar surface area (TPSA) is 99.1 Å². The molecule has 0 spiro atoms. The van der Waals surface area contributed by atoms with Crippen molar-refractivity contribution in [3.05, 3.63) is 24.8 Å². The van der Waals surface area contributed by atoms with Crippen LogP contribution in [0.1, 0.15) is 6.23 Å². The highest BCUT2D eigenvalue weighted by atomic mass is 16.5. The van der Waals surface area contributed by atoms with Gasteiger partial charge in [0.15, 0.2) is 17.7 Å². The van der Waals surface area contributed by atoms with Gasteiger partial charge in [0.2, 0.25) is 0 Å². The zero-order valence-corrected chi connectivity index (χ0v) is 8.89. The maximum absolute atomic E-state index is 8.99. The van der Waals surface area contributed by atoms with Crippen molar-refractivity contribution in [2.24, 2.45) is 0 Å². The first kappa shape index (κ1) is 10.2. The second-order valence-electron chi connectivity index (χ2n) is 3.72. The van der Waals surface area contributed by atoms with E-state index in [0.717, 1.165) is 0 Å². The van der Waals surface area contributed by atoms with Gasteiger partial charge >= 0.3 is 0 Å². The second kappa shape index (κ2) is 3.79. The van der Waals surface area contributed by atoms with Crippen molar-refractivity contribution in [2.45, 2.75) is 12.3 Å². The Bertz CT molecular complexity index is 579. The molecule has 2 aromatic rings. The van der Waals surface area contributed by atoms with Crippen molar-refractivity contribution in [1.29, 1.82) is 0 Å². The fourth-order valence-electron chi connectivity index (χ4n) is 1.81. The van der Waals surface area contributed by atoms with Crippen LogP contribution in [0.4, 0.5) is 5.82 Å². The fraction of sp³-hybridized carbons (Fsp3) is 0.300. The van der Waals surface area contributed by atoms with Gasteiger partial charge in [-0.15, -0.1) is 0 Å². The highest BCUT2D eigenvalue weighted by Crippen LogP contribution is 2.25. The van der Waals surface area contributed by atoms with Gasteiger partial charge in [-0.25, -0.2) is 15.0 Å². The lowest BCUT2D eigenvalue weighted by Crippen LogP contribution is -2.15. The molecule has 0 fully saturated rings. The van der Waals surface area contributed by atoms with Crippen LogP contribution in [-0.4, -0.2) is 37.3 Å². The average molecular weight is 233 g/mol. The SMILES string of the molecule is Nc1ncnc2c1ncn2[C@H]1C=C[C@@H](CO)O1. The van der Waals surface area contributed by atoms with E-state index in [1.54, 1.807) is 17.0 Å². The van der Waals surface area contributed by atoms with Crippen LogP contribution in [0.15, 0.2) is 24.8 Å². The first-order valence-corrected chi connectivity index (χ1v) is 5.17. The van der Waals surface area contributed by atoms with Crippen molar-refractivity contribution in [3.63, 3.8) is 0 Å². The Morgan fingerprint density at radius 2 is 2.24 bits per heavy atom. The molecule has 3 rings (SSSR count). The zero-order valence-electron chi connectivity index (χ0n) is 8.89. The molecule has 17 heavy (non-hydrogen) atoms. The lowest BCUT2D eigenvalue weighted by atomic mass is 10.4. The minimum atomic E-state index is -0.313. The summed E-state index contributed by atoms with van der Waals surface area (Å²) >= 11 is 0. The first-order valence-electron chi connectivity index (χ1n) is 5.17. The number of nitrogen functional groups attached to an aromatic ring is 1. The van der Waals surface area contributed by atoms with E-state index >= 15 is 0 Å². The number of nitrogens with two attached hydrogens (primary N) is 1. The van der Waals surface area contributed by atoms with Crippen molar-refractivity contribution in [2.75, 3.05) is 12.3 Å². The Kier molecular flexibility index (Phi) is 2.27. The molecule has 3 heterocycles. The number of aliphatic hydroxyl groups excluding tert-OH is 1. The smallest absolute Gasteiger partial charge is 0.167 e. The van der Waals surface area contributed by atoms with Gasteiger partial charge in [-0.1, -0.05) is 6.08 Å². The lowest BCUT2D eigenvalue weighted by molar-refractivity contribution is -0.00638. The molecule has 7 nitrogen and oxygen atoms in total.